The van der Waals surface area contributed by atoms with Gasteiger partial charge in [-0.25, -0.2) is 0 Å². The molecule has 0 aliphatic heterocycles. The van der Waals surface area contributed by atoms with E-state index in [4.69, 9.17) is 14.0 Å². The number of nitrogens with zero attached hydrogens (tertiary/aromatic N) is 3. The van der Waals surface area contributed by atoms with Crippen molar-refractivity contribution in [3.05, 3.63) is 47.2 Å². The van der Waals surface area contributed by atoms with Gasteiger partial charge in [0.1, 0.15) is 0 Å². The van der Waals surface area contributed by atoms with Gasteiger partial charge in [-0.1, -0.05) is 17.3 Å². The molecule has 142 valence electrons. The monoisotopic (exact) mass is 387 g/mol. The standard InChI is InChI=1S/C19H21N3O4S/c1-22(12-13-6-7-14(24-2)15(11-13)25-3)18(23)9-8-17-20-19(21-26-17)16-5-4-10-27-16/h4-7,10-11H,8-9,12H2,1-3H3. The Morgan fingerprint density at radius 1 is 1.22 bits per heavy atom. The molecular weight excluding hydrogens is 366 g/mol. The summed E-state index contributed by atoms with van der Waals surface area (Å²) in [5.41, 5.74) is 0.960. The molecule has 0 N–H and O–H groups in total. The highest BCUT2D eigenvalue weighted by atomic mass is 32.1. The Kier molecular flexibility index (Phi) is 6.08. The molecule has 2 heterocycles. The highest BCUT2D eigenvalue weighted by Crippen LogP contribution is 2.28. The van der Waals surface area contributed by atoms with Gasteiger partial charge in [-0.2, -0.15) is 4.98 Å². The Labute approximate surface area is 161 Å². The van der Waals surface area contributed by atoms with Crippen LogP contribution in [-0.2, 0) is 17.8 Å². The van der Waals surface area contributed by atoms with E-state index in [-0.39, 0.29) is 5.91 Å². The molecule has 0 bridgehead atoms. The summed E-state index contributed by atoms with van der Waals surface area (Å²) in [6.07, 6.45) is 0.712. The molecule has 3 aromatic rings. The number of ether oxygens (including phenoxy) is 2. The fraction of sp³-hybridized carbons (Fsp3) is 0.316. The number of rotatable bonds is 8. The first-order valence-electron chi connectivity index (χ1n) is 8.42. The molecule has 0 spiro atoms. The quantitative estimate of drug-likeness (QED) is 0.589. The summed E-state index contributed by atoms with van der Waals surface area (Å²) < 4.78 is 15.8. The van der Waals surface area contributed by atoms with Crippen molar-refractivity contribution in [1.29, 1.82) is 0 Å². The lowest BCUT2D eigenvalue weighted by Gasteiger charge is -2.18. The summed E-state index contributed by atoms with van der Waals surface area (Å²) in [5.74, 6) is 2.33. The van der Waals surface area contributed by atoms with Gasteiger partial charge in [-0.05, 0) is 29.1 Å². The van der Waals surface area contributed by atoms with Crippen molar-refractivity contribution in [2.45, 2.75) is 19.4 Å². The second kappa shape index (κ2) is 8.68. The van der Waals surface area contributed by atoms with Crippen molar-refractivity contribution < 1.29 is 18.8 Å². The molecule has 0 aliphatic carbocycles. The summed E-state index contributed by atoms with van der Waals surface area (Å²) >= 11 is 1.55. The molecule has 0 fully saturated rings. The normalized spacial score (nSPS) is 10.6. The lowest BCUT2D eigenvalue weighted by atomic mass is 10.2. The van der Waals surface area contributed by atoms with E-state index in [1.807, 2.05) is 35.7 Å². The smallest absolute Gasteiger partial charge is 0.227 e. The first-order chi connectivity index (χ1) is 13.1. The predicted molar refractivity (Wildman–Crippen MR) is 102 cm³/mol. The van der Waals surface area contributed by atoms with Crippen molar-refractivity contribution in [2.75, 3.05) is 21.3 Å². The Morgan fingerprint density at radius 2 is 2.04 bits per heavy atom. The van der Waals surface area contributed by atoms with E-state index >= 15 is 0 Å². The highest BCUT2D eigenvalue weighted by molar-refractivity contribution is 7.13. The number of aryl methyl sites for hydroxylation is 1. The Morgan fingerprint density at radius 3 is 2.74 bits per heavy atom. The summed E-state index contributed by atoms with van der Waals surface area (Å²) in [6.45, 7) is 0.476. The first kappa shape index (κ1) is 18.9. The second-order valence-corrected chi connectivity index (χ2v) is 6.88. The molecule has 0 atom stereocenters. The van der Waals surface area contributed by atoms with Gasteiger partial charge in [0.25, 0.3) is 0 Å². The van der Waals surface area contributed by atoms with E-state index in [1.165, 1.54) is 0 Å². The van der Waals surface area contributed by atoms with Crippen molar-refractivity contribution in [1.82, 2.24) is 15.0 Å². The van der Waals surface area contributed by atoms with Gasteiger partial charge in [0.15, 0.2) is 11.5 Å². The second-order valence-electron chi connectivity index (χ2n) is 5.93. The third-order valence-corrected chi connectivity index (χ3v) is 4.92. The maximum absolute atomic E-state index is 12.4. The largest absolute Gasteiger partial charge is 0.493 e. The third-order valence-electron chi connectivity index (χ3n) is 4.06. The third kappa shape index (κ3) is 4.65. The lowest BCUT2D eigenvalue weighted by molar-refractivity contribution is -0.130. The van der Waals surface area contributed by atoms with Crippen LogP contribution in [0.15, 0.2) is 40.2 Å². The first-order valence-corrected chi connectivity index (χ1v) is 9.30. The van der Waals surface area contributed by atoms with Crippen LogP contribution in [0.4, 0.5) is 0 Å². The van der Waals surface area contributed by atoms with Crippen molar-refractivity contribution in [3.63, 3.8) is 0 Å². The maximum atomic E-state index is 12.4. The van der Waals surface area contributed by atoms with E-state index in [0.29, 0.717) is 42.6 Å². The number of carbonyl (C=O) groups excluding carboxylic acids is 1. The van der Waals surface area contributed by atoms with Gasteiger partial charge in [0.2, 0.25) is 17.6 Å². The molecule has 7 nitrogen and oxygen atoms in total. The van der Waals surface area contributed by atoms with Crippen LogP contribution in [0, 0.1) is 0 Å². The Bertz CT molecular complexity index is 892. The maximum Gasteiger partial charge on any atom is 0.227 e. The molecule has 3 rings (SSSR count). The topological polar surface area (TPSA) is 77.7 Å². The number of hydrogen-bond acceptors (Lipinski definition) is 7. The summed E-state index contributed by atoms with van der Waals surface area (Å²) in [7, 11) is 4.95. The van der Waals surface area contributed by atoms with Crippen molar-refractivity contribution in [2.24, 2.45) is 0 Å². The molecule has 1 amide bonds. The highest BCUT2D eigenvalue weighted by Gasteiger charge is 2.15. The van der Waals surface area contributed by atoms with Crippen LogP contribution < -0.4 is 9.47 Å². The minimum Gasteiger partial charge on any atom is -0.493 e. The van der Waals surface area contributed by atoms with Crippen molar-refractivity contribution >= 4 is 17.2 Å². The zero-order chi connectivity index (χ0) is 19.2. The fourth-order valence-electron chi connectivity index (χ4n) is 2.61. The number of aromatic nitrogens is 2. The van der Waals surface area contributed by atoms with Crippen LogP contribution in [0.2, 0.25) is 0 Å². The molecule has 8 heteroatoms. The summed E-state index contributed by atoms with van der Waals surface area (Å²) in [4.78, 5) is 19.4. The molecule has 1 aromatic carbocycles. The van der Waals surface area contributed by atoms with Crippen LogP contribution >= 0.6 is 11.3 Å². The van der Waals surface area contributed by atoms with Gasteiger partial charge in [0, 0.05) is 26.4 Å². The fourth-order valence-corrected chi connectivity index (χ4v) is 3.26. The molecule has 27 heavy (non-hydrogen) atoms. The van der Waals surface area contributed by atoms with Crippen molar-refractivity contribution in [3.8, 4) is 22.2 Å². The van der Waals surface area contributed by atoms with Gasteiger partial charge >= 0.3 is 0 Å². The van der Waals surface area contributed by atoms with Crippen LogP contribution in [0.5, 0.6) is 11.5 Å². The minimum absolute atomic E-state index is 0.000610. The molecule has 0 unspecified atom stereocenters. The molecule has 2 aromatic heterocycles. The van der Waals surface area contributed by atoms with Gasteiger partial charge in [-0.3, -0.25) is 4.79 Å². The number of benzene rings is 1. The van der Waals surface area contributed by atoms with E-state index < -0.39 is 0 Å². The average molecular weight is 387 g/mol. The zero-order valence-corrected chi connectivity index (χ0v) is 16.3. The molecule has 0 radical (unpaired) electrons. The molecule has 0 aliphatic rings. The van der Waals surface area contributed by atoms with Gasteiger partial charge in [-0.15, -0.1) is 11.3 Å². The molecular formula is C19H21N3O4S. The van der Waals surface area contributed by atoms with Crippen LogP contribution in [0.1, 0.15) is 17.9 Å². The van der Waals surface area contributed by atoms with Crippen LogP contribution in [-0.4, -0.2) is 42.2 Å². The number of methoxy groups -OCH3 is 2. The molecule has 0 saturated heterocycles. The Balaban J connectivity index is 1.55. The minimum atomic E-state index is 0.000610. The van der Waals surface area contributed by atoms with Gasteiger partial charge in [0.05, 0.1) is 19.1 Å². The summed E-state index contributed by atoms with van der Waals surface area (Å²) in [5, 5.41) is 5.91. The van der Waals surface area contributed by atoms with E-state index in [2.05, 4.69) is 10.1 Å². The van der Waals surface area contributed by atoms with E-state index in [9.17, 15) is 4.79 Å². The number of carbonyl (C=O) groups is 1. The molecule has 0 saturated carbocycles. The van der Waals surface area contributed by atoms with E-state index in [1.54, 1.807) is 37.5 Å². The number of thiophene rings is 1. The SMILES string of the molecule is COc1ccc(CN(C)C(=O)CCc2nc(-c3cccs3)no2)cc1OC. The number of hydrogen-bond donors (Lipinski definition) is 0. The van der Waals surface area contributed by atoms with E-state index in [0.717, 1.165) is 10.4 Å². The zero-order valence-electron chi connectivity index (χ0n) is 15.5. The number of amides is 1. The Hall–Kier alpha value is -2.87. The predicted octanol–water partition coefficient (Wildman–Crippen LogP) is 3.41. The lowest BCUT2D eigenvalue weighted by Crippen LogP contribution is -2.26. The van der Waals surface area contributed by atoms with Crippen LogP contribution in [0.25, 0.3) is 10.7 Å². The van der Waals surface area contributed by atoms with Crippen LogP contribution in [0.3, 0.4) is 0 Å². The summed E-state index contributed by atoms with van der Waals surface area (Å²) in [6, 6.07) is 9.48. The van der Waals surface area contributed by atoms with Gasteiger partial charge < -0.3 is 18.9 Å². The average Bonchev–Trinajstić information content (AvgIpc) is 3.37.